The predicted molar refractivity (Wildman–Crippen MR) is 93.1 cm³/mol. The minimum absolute atomic E-state index is 0.00101. The van der Waals surface area contributed by atoms with E-state index in [1.807, 2.05) is 19.2 Å². The Kier molecular flexibility index (Phi) is 5.17. The second kappa shape index (κ2) is 7.35. The normalized spacial score (nSPS) is 16.1. The Morgan fingerprint density at radius 3 is 2.52 bits per heavy atom. The molecule has 0 N–H and O–H groups in total. The third-order valence-electron chi connectivity index (χ3n) is 4.45. The van der Waals surface area contributed by atoms with Crippen LogP contribution < -0.4 is 0 Å². The van der Waals surface area contributed by atoms with Crippen LogP contribution in [0.5, 0.6) is 0 Å². The molecule has 1 aliphatic heterocycles. The third-order valence-corrected chi connectivity index (χ3v) is 5.46. The zero-order chi connectivity index (χ0) is 18.0. The van der Waals surface area contributed by atoms with E-state index in [1.54, 1.807) is 27.6 Å². The van der Waals surface area contributed by atoms with Gasteiger partial charge in [0.15, 0.2) is 5.13 Å². The number of carbonyl (C=O) groups excluding carboxylic acids is 2. The first kappa shape index (κ1) is 17.6. The van der Waals surface area contributed by atoms with Gasteiger partial charge < -0.3 is 9.80 Å². The number of hydrogen-bond donors (Lipinski definition) is 0. The van der Waals surface area contributed by atoms with Gasteiger partial charge in [0.2, 0.25) is 5.91 Å². The summed E-state index contributed by atoms with van der Waals surface area (Å²) in [5.41, 5.74) is 0.666. The molecular weight excluding hydrogens is 343 g/mol. The summed E-state index contributed by atoms with van der Waals surface area (Å²) in [5.74, 6) is -0.0862. The summed E-state index contributed by atoms with van der Waals surface area (Å²) in [6.07, 6.45) is 3.92. The summed E-state index contributed by atoms with van der Waals surface area (Å²) < 4.78 is 15.1. The number of piperazine rings is 1. The van der Waals surface area contributed by atoms with Gasteiger partial charge in [-0.1, -0.05) is 0 Å². The summed E-state index contributed by atoms with van der Waals surface area (Å²) in [7, 11) is 0. The zero-order valence-electron chi connectivity index (χ0n) is 14.3. The van der Waals surface area contributed by atoms with Crippen molar-refractivity contribution in [1.29, 1.82) is 0 Å². The van der Waals surface area contributed by atoms with Gasteiger partial charge >= 0.3 is 0 Å². The van der Waals surface area contributed by atoms with E-state index in [0.29, 0.717) is 43.0 Å². The van der Waals surface area contributed by atoms with Crippen molar-refractivity contribution >= 4 is 23.2 Å². The molecule has 1 unspecified atom stereocenters. The quantitative estimate of drug-likeness (QED) is 0.837. The average Bonchev–Trinajstić information content (AvgIpc) is 3.24. The largest absolute Gasteiger partial charge is 0.339 e. The third kappa shape index (κ3) is 3.89. The Hall–Kier alpha value is -2.22. The maximum absolute atomic E-state index is 13.3. The van der Waals surface area contributed by atoms with Gasteiger partial charge in [0.1, 0.15) is 0 Å². The maximum Gasteiger partial charge on any atom is 0.264 e. The zero-order valence-corrected chi connectivity index (χ0v) is 15.1. The van der Waals surface area contributed by atoms with Crippen LogP contribution in [0.3, 0.4) is 0 Å². The Labute approximate surface area is 149 Å². The summed E-state index contributed by atoms with van der Waals surface area (Å²) in [6.45, 7) is 5.65. The van der Waals surface area contributed by atoms with Gasteiger partial charge in [0.05, 0.1) is 10.9 Å². The SMILES string of the molecule is Cc1cc(F)sc1C(=O)N1CCN(C(=O)CC(C)n2cccn2)CC1. The van der Waals surface area contributed by atoms with Crippen molar-refractivity contribution in [1.82, 2.24) is 19.6 Å². The van der Waals surface area contributed by atoms with Gasteiger partial charge in [-0.15, -0.1) is 11.3 Å². The van der Waals surface area contributed by atoms with Gasteiger partial charge in [-0.3, -0.25) is 14.3 Å². The van der Waals surface area contributed by atoms with E-state index >= 15 is 0 Å². The molecule has 8 heteroatoms. The molecule has 0 spiro atoms. The lowest BCUT2D eigenvalue weighted by molar-refractivity contribution is -0.133. The number of aromatic nitrogens is 2. The van der Waals surface area contributed by atoms with Crippen molar-refractivity contribution in [2.24, 2.45) is 0 Å². The number of amides is 2. The molecule has 134 valence electrons. The Bertz CT molecular complexity index is 751. The number of aryl methyl sites for hydroxylation is 1. The van der Waals surface area contributed by atoms with Crippen LogP contribution in [-0.2, 0) is 4.79 Å². The summed E-state index contributed by atoms with van der Waals surface area (Å²) >= 11 is 0.882. The molecule has 1 fully saturated rings. The van der Waals surface area contributed by atoms with E-state index in [0.717, 1.165) is 11.3 Å². The van der Waals surface area contributed by atoms with Crippen molar-refractivity contribution in [3.05, 3.63) is 40.1 Å². The molecule has 6 nitrogen and oxygen atoms in total. The van der Waals surface area contributed by atoms with E-state index in [4.69, 9.17) is 0 Å². The topological polar surface area (TPSA) is 58.4 Å². The predicted octanol–water partition coefficient (Wildman–Crippen LogP) is 2.33. The molecule has 1 atom stereocenters. The number of thiophene rings is 1. The minimum Gasteiger partial charge on any atom is -0.339 e. The van der Waals surface area contributed by atoms with Crippen LogP contribution in [0.25, 0.3) is 0 Å². The highest BCUT2D eigenvalue weighted by atomic mass is 32.1. The van der Waals surface area contributed by atoms with Gasteiger partial charge in [-0.25, -0.2) is 0 Å². The molecular formula is C17H21FN4O2S. The molecule has 0 saturated carbocycles. The van der Waals surface area contributed by atoms with Crippen molar-refractivity contribution in [3.63, 3.8) is 0 Å². The molecule has 3 heterocycles. The molecule has 3 rings (SSSR count). The molecule has 0 aliphatic carbocycles. The Morgan fingerprint density at radius 1 is 1.28 bits per heavy atom. The van der Waals surface area contributed by atoms with Gasteiger partial charge in [-0.05, 0) is 31.5 Å². The average molecular weight is 364 g/mol. The van der Waals surface area contributed by atoms with Crippen LogP contribution in [0, 0.1) is 12.1 Å². The van der Waals surface area contributed by atoms with Crippen LogP contribution in [-0.4, -0.2) is 57.6 Å². The molecule has 1 aliphatic rings. The first-order chi connectivity index (χ1) is 12.0. The molecule has 2 aromatic rings. The van der Waals surface area contributed by atoms with Crippen molar-refractivity contribution in [2.45, 2.75) is 26.3 Å². The molecule has 0 radical (unpaired) electrons. The fraction of sp³-hybridized carbons (Fsp3) is 0.471. The molecule has 0 bridgehead atoms. The lowest BCUT2D eigenvalue weighted by atomic mass is 10.2. The first-order valence-corrected chi connectivity index (χ1v) is 9.09. The van der Waals surface area contributed by atoms with Gasteiger partial charge in [0.25, 0.3) is 5.91 Å². The van der Waals surface area contributed by atoms with Crippen LogP contribution >= 0.6 is 11.3 Å². The maximum atomic E-state index is 13.3. The molecule has 1 saturated heterocycles. The molecule has 2 amide bonds. The van der Waals surface area contributed by atoms with E-state index < -0.39 is 0 Å². The van der Waals surface area contributed by atoms with Crippen molar-refractivity contribution in [3.8, 4) is 0 Å². The number of rotatable bonds is 4. The summed E-state index contributed by atoms with van der Waals surface area (Å²) in [5, 5.41) is 3.81. The first-order valence-electron chi connectivity index (χ1n) is 8.28. The highest BCUT2D eigenvalue weighted by Gasteiger charge is 2.27. The Morgan fingerprint density at radius 2 is 1.96 bits per heavy atom. The molecule has 2 aromatic heterocycles. The highest BCUT2D eigenvalue weighted by Crippen LogP contribution is 2.23. The van der Waals surface area contributed by atoms with Crippen LogP contribution in [0.2, 0.25) is 0 Å². The fourth-order valence-electron chi connectivity index (χ4n) is 2.97. The standard InChI is InChI=1S/C17H21FN4O2S/c1-12-10-14(18)25-16(12)17(24)21-8-6-20(7-9-21)15(23)11-13(2)22-5-3-4-19-22/h3-5,10,13H,6-9,11H2,1-2H3. The fourth-order valence-corrected chi connectivity index (χ4v) is 3.84. The van der Waals surface area contributed by atoms with E-state index in [9.17, 15) is 14.0 Å². The smallest absolute Gasteiger partial charge is 0.264 e. The number of nitrogens with zero attached hydrogens (tertiary/aromatic N) is 4. The summed E-state index contributed by atoms with van der Waals surface area (Å²) in [6, 6.07) is 3.22. The number of halogens is 1. The summed E-state index contributed by atoms with van der Waals surface area (Å²) in [4.78, 5) is 28.9. The lowest BCUT2D eigenvalue weighted by Crippen LogP contribution is -2.50. The molecule has 0 aromatic carbocycles. The van der Waals surface area contributed by atoms with Crippen molar-refractivity contribution in [2.75, 3.05) is 26.2 Å². The minimum atomic E-state index is -0.345. The van der Waals surface area contributed by atoms with E-state index in [1.165, 1.54) is 6.07 Å². The van der Waals surface area contributed by atoms with E-state index in [-0.39, 0.29) is 23.0 Å². The van der Waals surface area contributed by atoms with Crippen LogP contribution in [0.15, 0.2) is 24.5 Å². The number of carbonyl (C=O) groups is 2. The molecule has 25 heavy (non-hydrogen) atoms. The van der Waals surface area contributed by atoms with Crippen molar-refractivity contribution < 1.29 is 14.0 Å². The Balaban J connectivity index is 1.54. The van der Waals surface area contributed by atoms with Gasteiger partial charge in [0, 0.05) is 45.0 Å². The van der Waals surface area contributed by atoms with Crippen LogP contribution in [0.1, 0.15) is 34.6 Å². The monoisotopic (exact) mass is 364 g/mol. The highest BCUT2D eigenvalue weighted by molar-refractivity contribution is 7.12. The van der Waals surface area contributed by atoms with E-state index in [2.05, 4.69) is 5.10 Å². The lowest BCUT2D eigenvalue weighted by Gasteiger charge is -2.35. The van der Waals surface area contributed by atoms with Crippen LogP contribution in [0.4, 0.5) is 4.39 Å². The van der Waals surface area contributed by atoms with Gasteiger partial charge in [-0.2, -0.15) is 9.49 Å². The second-order valence-corrected chi connectivity index (χ2v) is 7.28. The number of hydrogen-bond acceptors (Lipinski definition) is 4. The second-order valence-electron chi connectivity index (χ2n) is 6.27.